The molecule has 6 nitrogen and oxygen atoms in total. The molecule has 1 N–H and O–H groups in total. The molecule has 24 heavy (non-hydrogen) atoms. The highest BCUT2D eigenvalue weighted by Crippen LogP contribution is 2.31. The second kappa shape index (κ2) is 7.98. The van der Waals surface area contributed by atoms with Crippen molar-refractivity contribution in [3.05, 3.63) is 18.2 Å². The fourth-order valence-corrected chi connectivity index (χ4v) is 2.77. The molecule has 0 radical (unpaired) electrons. The lowest BCUT2D eigenvalue weighted by atomic mass is 10.1. The highest BCUT2D eigenvalue weighted by atomic mass is 19.4. The van der Waals surface area contributed by atoms with Gasteiger partial charge in [0.1, 0.15) is 5.82 Å². The van der Waals surface area contributed by atoms with Crippen LogP contribution in [0.1, 0.15) is 18.7 Å². The van der Waals surface area contributed by atoms with E-state index in [1.165, 1.54) is 25.2 Å². The Hall–Kier alpha value is -1.61. The van der Waals surface area contributed by atoms with Crippen LogP contribution in [-0.4, -0.2) is 58.5 Å². The topological polar surface area (TPSA) is 67.6 Å². The van der Waals surface area contributed by atoms with E-state index in [1.807, 2.05) is 6.20 Å². The minimum Gasteiger partial charge on any atom is -0.475 e. The zero-order valence-electron chi connectivity index (χ0n) is 13.5. The summed E-state index contributed by atoms with van der Waals surface area (Å²) in [7, 11) is 1.80. The number of nitrogens with zero attached hydrogens (tertiary/aromatic N) is 3. The molecule has 0 spiro atoms. The predicted molar refractivity (Wildman–Crippen MR) is 79.3 cm³/mol. The second-order valence-corrected chi connectivity index (χ2v) is 6.26. The van der Waals surface area contributed by atoms with E-state index in [4.69, 9.17) is 14.6 Å². The van der Waals surface area contributed by atoms with Gasteiger partial charge in [-0.1, -0.05) is 0 Å². The number of alkyl halides is 3. The molecule has 2 heterocycles. The maximum atomic E-state index is 10.6. The Labute approximate surface area is 138 Å². The highest BCUT2D eigenvalue weighted by molar-refractivity contribution is 5.73. The van der Waals surface area contributed by atoms with E-state index in [9.17, 15) is 13.2 Å². The molecule has 3 rings (SSSR count). The molecule has 0 amide bonds. The normalized spacial score (nSPS) is 21.4. The Bertz CT molecular complexity index is 544. The van der Waals surface area contributed by atoms with Crippen LogP contribution in [0.4, 0.5) is 13.2 Å². The molecule has 1 aliphatic heterocycles. The quantitative estimate of drug-likeness (QED) is 0.901. The van der Waals surface area contributed by atoms with Gasteiger partial charge in [-0.05, 0) is 18.8 Å². The summed E-state index contributed by atoms with van der Waals surface area (Å²) in [6, 6.07) is 0. The second-order valence-electron chi connectivity index (χ2n) is 6.26. The Kier molecular flexibility index (Phi) is 6.22. The molecule has 136 valence electrons. The van der Waals surface area contributed by atoms with Crippen molar-refractivity contribution < 1.29 is 27.8 Å². The predicted octanol–water partition coefficient (Wildman–Crippen LogP) is 2.00. The Morgan fingerprint density at radius 3 is 2.58 bits per heavy atom. The van der Waals surface area contributed by atoms with Crippen LogP contribution in [0.25, 0.3) is 0 Å². The molecule has 1 aromatic heterocycles. The molecular formula is C15H22F3N3O3. The van der Waals surface area contributed by atoms with Crippen molar-refractivity contribution in [1.82, 2.24) is 14.5 Å². The van der Waals surface area contributed by atoms with Gasteiger partial charge in [0.15, 0.2) is 0 Å². The number of aromatic nitrogens is 2. The lowest BCUT2D eigenvalue weighted by Crippen LogP contribution is -2.31. The number of fused-ring (bicyclic) bond motifs is 1. The largest absolute Gasteiger partial charge is 0.490 e. The van der Waals surface area contributed by atoms with Crippen molar-refractivity contribution in [1.29, 1.82) is 0 Å². The third kappa shape index (κ3) is 5.79. The van der Waals surface area contributed by atoms with Gasteiger partial charge in [-0.2, -0.15) is 13.2 Å². The molecule has 9 heteroatoms. The zero-order valence-corrected chi connectivity index (χ0v) is 13.5. The average Bonchev–Trinajstić information content (AvgIpc) is 3.22. The number of carboxylic acids is 1. The van der Waals surface area contributed by atoms with E-state index in [1.54, 1.807) is 7.11 Å². The lowest BCUT2D eigenvalue weighted by Gasteiger charge is -2.23. The van der Waals surface area contributed by atoms with Crippen molar-refractivity contribution in [3.8, 4) is 0 Å². The summed E-state index contributed by atoms with van der Waals surface area (Å²) in [5.41, 5.74) is 0. The molecule has 0 saturated heterocycles. The van der Waals surface area contributed by atoms with E-state index in [0.717, 1.165) is 32.2 Å². The maximum Gasteiger partial charge on any atom is 0.490 e. The van der Waals surface area contributed by atoms with Gasteiger partial charge in [0, 0.05) is 45.1 Å². The summed E-state index contributed by atoms with van der Waals surface area (Å²) in [4.78, 5) is 15.9. The molecule has 1 fully saturated rings. The van der Waals surface area contributed by atoms with Crippen LogP contribution in [0.15, 0.2) is 12.4 Å². The number of methoxy groups -OCH3 is 1. The van der Waals surface area contributed by atoms with Gasteiger partial charge in [-0.3, -0.25) is 4.90 Å². The van der Waals surface area contributed by atoms with E-state index in [0.29, 0.717) is 5.92 Å². The number of imidazole rings is 1. The van der Waals surface area contributed by atoms with Crippen LogP contribution >= 0.6 is 0 Å². The van der Waals surface area contributed by atoms with Gasteiger partial charge in [0.2, 0.25) is 0 Å². The number of ether oxygens (including phenoxy) is 1. The van der Waals surface area contributed by atoms with Crippen molar-refractivity contribution in [2.75, 3.05) is 26.8 Å². The molecule has 1 unspecified atom stereocenters. The third-order valence-electron chi connectivity index (χ3n) is 4.00. The zero-order chi connectivity index (χ0) is 17.7. The van der Waals surface area contributed by atoms with Gasteiger partial charge in [0.05, 0.1) is 13.2 Å². The highest BCUT2D eigenvalue weighted by Gasteiger charge is 2.38. The standard InChI is InChI=1S/C13H21N3O.C2HF3O2/c1-17-10-12-7-15(6-11-2-3-11)9-13-14-4-5-16(13)8-12;3-2(4,5)1(6)7/h4-5,11-12H,2-3,6-10H2,1H3;(H,6,7). The smallest absolute Gasteiger partial charge is 0.475 e. The molecule has 0 bridgehead atoms. The van der Waals surface area contributed by atoms with E-state index >= 15 is 0 Å². The lowest BCUT2D eigenvalue weighted by molar-refractivity contribution is -0.192. The van der Waals surface area contributed by atoms with Crippen LogP contribution < -0.4 is 0 Å². The number of aliphatic carboxylic acids is 1. The molecule has 0 aromatic carbocycles. The molecule has 1 atom stereocenters. The van der Waals surface area contributed by atoms with Gasteiger partial charge in [-0.25, -0.2) is 9.78 Å². The van der Waals surface area contributed by atoms with Crippen LogP contribution in [0, 0.1) is 11.8 Å². The first-order valence-corrected chi connectivity index (χ1v) is 7.81. The van der Waals surface area contributed by atoms with E-state index < -0.39 is 12.1 Å². The number of carboxylic acid groups (broad SMARTS) is 1. The first kappa shape index (κ1) is 18.7. The number of carbonyl (C=O) groups is 1. The van der Waals surface area contributed by atoms with E-state index in [-0.39, 0.29) is 0 Å². The summed E-state index contributed by atoms with van der Waals surface area (Å²) in [6.45, 7) is 5.29. The van der Waals surface area contributed by atoms with Crippen molar-refractivity contribution in [3.63, 3.8) is 0 Å². The molecular weight excluding hydrogens is 327 g/mol. The SMILES string of the molecule is COCC1CN(CC2CC2)Cc2nccn2C1.O=C(O)C(F)(F)F. The number of halogens is 3. The van der Waals surface area contributed by atoms with Crippen LogP contribution in [0.5, 0.6) is 0 Å². The van der Waals surface area contributed by atoms with Crippen LogP contribution in [0.3, 0.4) is 0 Å². The minimum absolute atomic E-state index is 0.592. The monoisotopic (exact) mass is 349 g/mol. The fraction of sp³-hybridized carbons (Fsp3) is 0.733. The van der Waals surface area contributed by atoms with Gasteiger partial charge in [0.25, 0.3) is 0 Å². The molecule has 1 aromatic rings. The Morgan fingerprint density at radius 1 is 1.38 bits per heavy atom. The van der Waals surface area contributed by atoms with Crippen molar-refractivity contribution in [2.24, 2.45) is 11.8 Å². The third-order valence-corrected chi connectivity index (χ3v) is 4.00. The number of hydrogen-bond donors (Lipinski definition) is 1. The summed E-state index contributed by atoms with van der Waals surface area (Å²) >= 11 is 0. The summed E-state index contributed by atoms with van der Waals surface area (Å²) in [5.74, 6) is -0.00865. The number of rotatable bonds is 4. The maximum absolute atomic E-state index is 10.6. The van der Waals surface area contributed by atoms with E-state index in [2.05, 4.69) is 20.6 Å². The first-order chi connectivity index (χ1) is 11.3. The first-order valence-electron chi connectivity index (χ1n) is 7.81. The summed E-state index contributed by atoms with van der Waals surface area (Å²) < 4.78 is 39.4. The van der Waals surface area contributed by atoms with Gasteiger partial charge < -0.3 is 14.4 Å². The summed E-state index contributed by atoms with van der Waals surface area (Å²) in [6.07, 6.45) is 1.76. The van der Waals surface area contributed by atoms with Gasteiger partial charge >= 0.3 is 12.1 Å². The summed E-state index contributed by atoms with van der Waals surface area (Å²) in [5, 5.41) is 7.12. The molecule has 1 saturated carbocycles. The molecule has 2 aliphatic rings. The Balaban J connectivity index is 0.000000256. The fourth-order valence-electron chi connectivity index (χ4n) is 2.77. The Morgan fingerprint density at radius 2 is 2.04 bits per heavy atom. The van der Waals surface area contributed by atoms with Crippen LogP contribution in [0.2, 0.25) is 0 Å². The van der Waals surface area contributed by atoms with Crippen molar-refractivity contribution >= 4 is 5.97 Å². The minimum atomic E-state index is -5.08. The average molecular weight is 349 g/mol. The van der Waals surface area contributed by atoms with Crippen molar-refractivity contribution in [2.45, 2.75) is 32.1 Å². The number of hydrogen-bond acceptors (Lipinski definition) is 4. The van der Waals surface area contributed by atoms with Crippen LogP contribution in [-0.2, 0) is 22.6 Å². The molecule has 1 aliphatic carbocycles. The van der Waals surface area contributed by atoms with Gasteiger partial charge in [-0.15, -0.1) is 0 Å².